The van der Waals surface area contributed by atoms with Gasteiger partial charge >= 0.3 is 0 Å². The van der Waals surface area contributed by atoms with Gasteiger partial charge in [0.15, 0.2) is 0 Å². The molecule has 0 radical (unpaired) electrons. The summed E-state index contributed by atoms with van der Waals surface area (Å²) in [6.45, 7) is 5.36. The molecule has 0 atom stereocenters. The molecule has 1 fully saturated rings. The van der Waals surface area contributed by atoms with Crippen molar-refractivity contribution in [1.29, 1.82) is 0 Å². The average molecular weight is 209 g/mol. The van der Waals surface area contributed by atoms with Crippen LogP contribution in [0.5, 0.6) is 0 Å². The van der Waals surface area contributed by atoms with Crippen molar-refractivity contribution in [3.05, 3.63) is 0 Å². The number of ether oxygens (including phenoxy) is 1. The Kier molecular flexibility index (Phi) is 5.47. The number of nitrogens with zero attached hydrogens (tertiary/aromatic N) is 1. The second-order valence-electron chi connectivity index (χ2n) is 3.10. The van der Waals surface area contributed by atoms with Crippen LogP contribution in [0.1, 0.15) is 0 Å². The van der Waals surface area contributed by atoms with Crippen molar-refractivity contribution >= 4 is 20.7 Å². The standard InChI is InChI=1S/C8H19NOS2/c1-12(2)11-8-5-9-3-6-10-7-4-9/h12H,3-8H2,1-2H3. The van der Waals surface area contributed by atoms with E-state index in [0.29, 0.717) is 0 Å². The van der Waals surface area contributed by atoms with Gasteiger partial charge in [0.1, 0.15) is 0 Å². The largest absolute Gasteiger partial charge is 0.379 e. The zero-order valence-electron chi connectivity index (χ0n) is 7.95. The first-order valence-electron chi connectivity index (χ1n) is 4.39. The van der Waals surface area contributed by atoms with Crippen molar-refractivity contribution in [1.82, 2.24) is 4.90 Å². The Bertz CT molecular complexity index is 116. The Morgan fingerprint density at radius 3 is 2.58 bits per heavy atom. The second-order valence-corrected chi connectivity index (χ2v) is 8.36. The van der Waals surface area contributed by atoms with Crippen LogP contribution in [0.3, 0.4) is 0 Å². The Morgan fingerprint density at radius 1 is 1.33 bits per heavy atom. The van der Waals surface area contributed by atoms with Crippen LogP contribution in [0, 0.1) is 0 Å². The molecule has 1 saturated heterocycles. The zero-order valence-corrected chi connectivity index (χ0v) is 9.66. The van der Waals surface area contributed by atoms with Crippen LogP contribution in [0.25, 0.3) is 0 Å². The highest BCUT2D eigenvalue weighted by atomic mass is 33.1. The van der Waals surface area contributed by atoms with Crippen LogP contribution in [0.15, 0.2) is 0 Å². The fraction of sp³-hybridized carbons (Fsp3) is 1.00. The highest BCUT2D eigenvalue weighted by Gasteiger charge is 2.08. The van der Waals surface area contributed by atoms with Crippen molar-refractivity contribution in [2.75, 3.05) is 51.1 Å². The maximum absolute atomic E-state index is 5.28. The first-order valence-corrected chi connectivity index (χ1v) is 8.22. The lowest BCUT2D eigenvalue weighted by atomic mass is 10.4. The molecule has 0 aromatic carbocycles. The van der Waals surface area contributed by atoms with Gasteiger partial charge in [-0.1, -0.05) is 0 Å². The molecule has 1 rings (SSSR count). The quantitative estimate of drug-likeness (QED) is 0.553. The Morgan fingerprint density at radius 2 is 2.00 bits per heavy atom. The first-order chi connectivity index (χ1) is 5.79. The highest BCUT2D eigenvalue weighted by Crippen LogP contribution is 2.31. The summed E-state index contributed by atoms with van der Waals surface area (Å²) < 4.78 is 5.28. The van der Waals surface area contributed by atoms with Crippen molar-refractivity contribution in [2.24, 2.45) is 0 Å². The average Bonchev–Trinajstić information content (AvgIpc) is 2.05. The minimum atomic E-state index is 0.231. The third-order valence-corrected chi connectivity index (χ3v) is 4.84. The maximum atomic E-state index is 5.28. The molecule has 0 N–H and O–H groups in total. The molecule has 0 aromatic heterocycles. The lowest BCUT2D eigenvalue weighted by Crippen LogP contribution is -2.37. The van der Waals surface area contributed by atoms with Crippen molar-refractivity contribution in [3.63, 3.8) is 0 Å². The first kappa shape index (κ1) is 10.7. The summed E-state index contributed by atoms with van der Waals surface area (Å²) >= 11 is 0. The summed E-state index contributed by atoms with van der Waals surface area (Å²) in [6, 6.07) is 0. The molecule has 2 nitrogen and oxygen atoms in total. The lowest BCUT2D eigenvalue weighted by Gasteiger charge is -2.26. The maximum Gasteiger partial charge on any atom is 0.0594 e. The van der Waals surface area contributed by atoms with Crippen molar-refractivity contribution in [2.45, 2.75) is 0 Å². The predicted molar refractivity (Wildman–Crippen MR) is 60.6 cm³/mol. The van der Waals surface area contributed by atoms with Gasteiger partial charge in [0.05, 0.1) is 13.2 Å². The number of hydrogen-bond acceptors (Lipinski definition) is 3. The minimum absolute atomic E-state index is 0.231. The van der Waals surface area contributed by atoms with E-state index >= 15 is 0 Å². The molecule has 0 unspecified atom stereocenters. The summed E-state index contributed by atoms with van der Waals surface area (Å²) in [5, 5.41) is 0. The smallest absolute Gasteiger partial charge is 0.0594 e. The van der Waals surface area contributed by atoms with Gasteiger partial charge in [0, 0.05) is 25.4 Å². The van der Waals surface area contributed by atoms with Crippen LogP contribution in [0.2, 0.25) is 0 Å². The van der Waals surface area contributed by atoms with Gasteiger partial charge in [0.25, 0.3) is 0 Å². The van der Waals surface area contributed by atoms with Gasteiger partial charge in [-0.25, -0.2) is 9.93 Å². The monoisotopic (exact) mass is 209 g/mol. The Hall–Kier alpha value is 0.620. The lowest BCUT2D eigenvalue weighted by molar-refractivity contribution is 0.0410. The third kappa shape index (κ3) is 4.60. The molecule has 0 amide bonds. The molecule has 12 heavy (non-hydrogen) atoms. The van der Waals surface area contributed by atoms with E-state index in [1.807, 2.05) is 0 Å². The minimum Gasteiger partial charge on any atom is -0.379 e. The third-order valence-electron chi connectivity index (χ3n) is 1.86. The zero-order chi connectivity index (χ0) is 8.81. The number of morpholine rings is 1. The molecule has 74 valence electrons. The van der Waals surface area contributed by atoms with Gasteiger partial charge in [-0.15, -0.1) is 10.8 Å². The molecule has 0 aromatic rings. The summed E-state index contributed by atoms with van der Waals surface area (Å²) in [7, 11) is 2.34. The van der Waals surface area contributed by atoms with E-state index in [9.17, 15) is 0 Å². The number of rotatable bonds is 4. The van der Waals surface area contributed by atoms with Gasteiger partial charge in [-0.05, 0) is 12.5 Å². The molecule has 0 aliphatic carbocycles. The summed E-state index contributed by atoms with van der Waals surface area (Å²) in [6.07, 6.45) is 4.64. The SMILES string of the molecule is C[SH](C)SCCN1CCOCC1. The van der Waals surface area contributed by atoms with Gasteiger partial charge in [-0.2, -0.15) is 0 Å². The van der Waals surface area contributed by atoms with Crippen LogP contribution < -0.4 is 0 Å². The van der Waals surface area contributed by atoms with Crippen molar-refractivity contribution in [3.8, 4) is 0 Å². The normalized spacial score (nSPS) is 21.0. The van der Waals surface area contributed by atoms with Crippen LogP contribution in [-0.4, -0.2) is 56.0 Å². The van der Waals surface area contributed by atoms with E-state index in [2.05, 4.69) is 28.2 Å². The highest BCUT2D eigenvalue weighted by molar-refractivity contribution is 8.84. The summed E-state index contributed by atoms with van der Waals surface area (Å²) in [5.74, 6) is 1.29. The van der Waals surface area contributed by atoms with E-state index in [-0.39, 0.29) is 9.93 Å². The molecule has 1 aliphatic rings. The second kappa shape index (κ2) is 6.13. The van der Waals surface area contributed by atoms with Gasteiger partial charge in [0.2, 0.25) is 0 Å². The van der Waals surface area contributed by atoms with E-state index < -0.39 is 0 Å². The molecule has 0 spiro atoms. The fourth-order valence-corrected chi connectivity index (χ4v) is 3.22. The van der Waals surface area contributed by atoms with E-state index in [1.165, 1.54) is 12.3 Å². The predicted octanol–water partition coefficient (Wildman–Crippen LogP) is 1.23. The Labute approximate surface area is 81.8 Å². The molecular weight excluding hydrogens is 190 g/mol. The van der Waals surface area contributed by atoms with Gasteiger partial charge < -0.3 is 4.74 Å². The fourth-order valence-electron chi connectivity index (χ4n) is 1.18. The molecule has 0 saturated carbocycles. The molecule has 1 aliphatic heterocycles. The molecule has 1 heterocycles. The molecule has 4 heteroatoms. The molecular formula is C8H19NOS2. The van der Waals surface area contributed by atoms with E-state index in [4.69, 9.17) is 4.74 Å². The van der Waals surface area contributed by atoms with E-state index in [1.54, 1.807) is 0 Å². The molecule has 0 bridgehead atoms. The summed E-state index contributed by atoms with van der Waals surface area (Å²) in [5.41, 5.74) is 0. The van der Waals surface area contributed by atoms with E-state index in [0.717, 1.165) is 26.3 Å². The van der Waals surface area contributed by atoms with Crippen LogP contribution in [-0.2, 0) is 4.74 Å². The van der Waals surface area contributed by atoms with Crippen LogP contribution in [0.4, 0.5) is 0 Å². The number of hydrogen-bond donors (Lipinski definition) is 1. The van der Waals surface area contributed by atoms with Gasteiger partial charge in [-0.3, -0.25) is 4.90 Å². The van der Waals surface area contributed by atoms with Crippen molar-refractivity contribution < 1.29 is 4.74 Å². The number of thiol groups is 1. The topological polar surface area (TPSA) is 12.5 Å². The summed E-state index contributed by atoms with van der Waals surface area (Å²) in [4.78, 5) is 2.50. The Balaban J connectivity index is 1.98. The van der Waals surface area contributed by atoms with Crippen LogP contribution >= 0.6 is 20.7 Å².